The number of halogens is 1. The summed E-state index contributed by atoms with van der Waals surface area (Å²) in [7, 11) is 0. The van der Waals surface area contributed by atoms with Crippen LogP contribution in [0.3, 0.4) is 0 Å². The van der Waals surface area contributed by atoms with E-state index in [1.807, 2.05) is 24.4 Å². The predicted octanol–water partition coefficient (Wildman–Crippen LogP) is 1.45. The molecule has 8 nitrogen and oxygen atoms in total. The van der Waals surface area contributed by atoms with Gasteiger partial charge in [-0.2, -0.15) is 14.0 Å². The third-order valence-electron chi connectivity index (χ3n) is 5.78. The van der Waals surface area contributed by atoms with Crippen LogP contribution in [0, 0.1) is 38.4 Å². The van der Waals surface area contributed by atoms with Gasteiger partial charge in [0.2, 0.25) is 11.8 Å². The highest BCUT2D eigenvalue weighted by Gasteiger charge is 2.41. The highest BCUT2D eigenvalue weighted by atomic mass is 19.1. The third-order valence-corrected chi connectivity index (χ3v) is 5.78. The fourth-order valence-corrected chi connectivity index (χ4v) is 4.48. The van der Waals surface area contributed by atoms with Crippen LogP contribution in [0.2, 0.25) is 0 Å². The van der Waals surface area contributed by atoms with Crippen molar-refractivity contribution in [3.8, 4) is 0 Å². The van der Waals surface area contributed by atoms with Crippen molar-refractivity contribution in [1.82, 2.24) is 24.6 Å². The van der Waals surface area contributed by atoms with Gasteiger partial charge in [0.25, 0.3) is 5.56 Å². The van der Waals surface area contributed by atoms with Gasteiger partial charge in [-0.05, 0) is 20.8 Å². The summed E-state index contributed by atoms with van der Waals surface area (Å²) in [6, 6.07) is 4.08. The topological polar surface area (TPSA) is 82.4 Å². The minimum atomic E-state index is -0.805. The molecular formula is C19H22FN7O. The van der Waals surface area contributed by atoms with E-state index in [0.717, 1.165) is 49.0 Å². The number of H-pyrrole nitrogens is 1. The largest absolute Gasteiger partial charge is 0.356 e. The van der Waals surface area contributed by atoms with Gasteiger partial charge in [0, 0.05) is 55.8 Å². The highest BCUT2D eigenvalue weighted by molar-refractivity contribution is 5.53. The second-order valence-electron chi connectivity index (χ2n) is 7.93. The minimum Gasteiger partial charge on any atom is -0.356 e. The second-order valence-corrected chi connectivity index (χ2v) is 7.93. The average molecular weight is 383 g/mol. The van der Waals surface area contributed by atoms with E-state index in [4.69, 9.17) is 0 Å². The summed E-state index contributed by atoms with van der Waals surface area (Å²) in [5.74, 6) is 1.64. The molecule has 0 aromatic carbocycles. The van der Waals surface area contributed by atoms with Crippen LogP contribution in [-0.2, 0) is 0 Å². The maximum absolute atomic E-state index is 13.6. The summed E-state index contributed by atoms with van der Waals surface area (Å²) in [6.45, 7) is 8.90. The van der Waals surface area contributed by atoms with Crippen LogP contribution in [0.25, 0.3) is 5.65 Å². The normalized spacial score (nSPS) is 21.7. The molecule has 1 N–H and O–H groups in total. The number of nitrogens with zero attached hydrogens (tertiary/aromatic N) is 6. The molecule has 0 spiro atoms. The molecule has 0 radical (unpaired) electrons. The lowest BCUT2D eigenvalue weighted by Gasteiger charge is -2.24. The summed E-state index contributed by atoms with van der Waals surface area (Å²) >= 11 is 0. The van der Waals surface area contributed by atoms with E-state index < -0.39 is 11.4 Å². The zero-order valence-electron chi connectivity index (χ0n) is 16.1. The second kappa shape index (κ2) is 6.02. The number of anilines is 2. The fraction of sp³-hybridized carbons (Fsp3) is 0.474. The monoisotopic (exact) mass is 383 g/mol. The Morgan fingerprint density at radius 1 is 1.00 bits per heavy atom. The van der Waals surface area contributed by atoms with Crippen LogP contribution in [0.1, 0.15) is 17.1 Å². The molecule has 2 aliphatic heterocycles. The Morgan fingerprint density at radius 3 is 2.36 bits per heavy atom. The van der Waals surface area contributed by atoms with E-state index >= 15 is 0 Å². The van der Waals surface area contributed by atoms with Gasteiger partial charge in [-0.3, -0.25) is 9.78 Å². The number of nitrogens with one attached hydrogen (secondary N) is 1. The van der Waals surface area contributed by atoms with E-state index in [2.05, 4.69) is 35.9 Å². The standard InChI is InChI=1S/C19H22FN7O/c1-10-5-16(27-15(21-10)4-11(2)24-27)25-6-13-8-26(9-14(13)7-25)19-22-12(3)17(20)18(28)23-19/h4-5,13-14H,6-9H2,1-3H3,(H,22,23,28). The lowest BCUT2D eigenvalue weighted by molar-refractivity contribution is 0.533. The third kappa shape index (κ3) is 2.64. The number of hydrogen-bond donors (Lipinski definition) is 1. The smallest absolute Gasteiger partial charge is 0.288 e. The van der Waals surface area contributed by atoms with Crippen LogP contribution < -0.4 is 15.4 Å². The van der Waals surface area contributed by atoms with Crippen LogP contribution in [0.15, 0.2) is 16.9 Å². The first-order chi connectivity index (χ1) is 13.4. The Bertz CT molecular complexity index is 1120. The van der Waals surface area contributed by atoms with Crippen LogP contribution >= 0.6 is 0 Å². The van der Waals surface area contributed by atoms with E-state index in [-0.39, 0.29) is 5.69 Å². The Labute approximate surface area is 161 Å². The molecule has 146 valence electrons. The van der Waals surface area contributed by atoms with Gasteiger partial charge in [-0.1, -0.05) is 0 Å². The molecule has 2 fully saturated rings. The zero-order valence-corrected chi connectivity index (χ0v) is 16.1. The quantitative estimate of drug-likeness (QED) is 0.721. The summed E-state index contributed by atoms with van der Waals surface area (Å²) in [4.78, 5) is 27.5. The maximum atomic E-state index is 13.6. The molecular weight excluding hydrogens is 361 g/mol. The van der Waals surface area contributed by atoms with Crippen molar-refractivity contribution in [3.63, 3.8) is 0 Å². The summed E-state index contributed by atoms with van der Waals surface area (Å²) < 4.78 is 15.5. The van der Waals surface area contributed by atoms with Crippen LogP contribution in [0.4, 0.5) is 16.2 Å². The molecule has 2 aliphatic rings. The molecule has 5 rings (SSSR count). The van der Waals surface area contributed by atoms with E-state index in [9.17, 15) is 9.18 Å². The summed E-state index contributed by atoms with van der Waals surface area (Å²) in [5.41, 5.74) is 2.23. The van der Waals surface area contributed by atoms with Gasteiger partial charge in [0.05, 0.1) is 11.4 Å². The molecule has 5 heterocycles. The first-order valence-corrected chi connectivity index (χ1v) is 9.49. The van der Waals surface area contributed by atoms with Crippen LogP contribution in [-0.4, -0.2) is 50.7 Å². The Balaban J connectivity index is 1.39. The molecule has 0 saturated carbocycles. The summed E-state index contributed by atoms with van der Waals surface area (Å²) in [6.07, 6.45) is 0. The first-order valence-electron chi connectivity index (χ1n) is 9.49. The number of hydrogen-bond acceptors (Lipinski definition) is 6. The van der Waals surface area contributed by atoms with Gasteiger partial charge < -0.3 is 9.80 Å². The molecule has 0 aliphatic carbocycles. The molecule has 0 amide bonds. The average Bonchev–Trinajstić information content (AvgIpc) is 3.30. The van der Waals surface area contributed by atoms with Crippen molar-refractivity contribution < 1.29 is 4.39 Å². The first kappa shape index (κ1) is 17.2. The lowest BCUT2D eigenvalue weighted by Crippen LogP contribution is -2.32. The highest BCUT2D eigenvalue weighted by Crippen LogP contribution is 2.35. The van der Waals surface area contributed by atoms with Crippen molar-refractivity contribution in [3.05, 3.63) is 45.4 Å². The number of aromatic nitrogens is 5. The summed E-state index contributed by atoms with van der Waals surface area (Å²) in [5, 5.41) is 4.60. The van der Waals surface area contributed by atoms with Crippen LogP contribution in [0.5, 0.6) is 0 Å². The van der Waals surface area contributed by atoms with Crippen molar-refractivity contribution in [2.75, 3.05) is 36.0 Å². The van der Waals surface area contributed by atoms with Gasteiger partial charge in [-0.15, -0.1) is 0 Å². The molecule has 2 unspecified atom stereocenters. The Kier molecular flexibility index (Phi) is 3.68. The predicted molar refractivity (Wildman–Crippen MR) is 103 cm³/mol. The van der Waals surface area contributed by atoms with E-state index in [1.165, 1.54) is 6.92 Å². The maximum Gasteiger partial charge on any atom is 0.288 e. The van der Waals surface area contributed by atoms with Crippen molar-refractivity contribution in [2.24, 2.45) is 11.8 Å². The van der Waals surface area contributed by atoms with Crippen molar-refractivity contribution in [2.45, 2.75) is 20.8 Å². The Hall–Kier alpha value is -2.97. The molecule has 3 aromatic heterocycles. The van der Waals surface area contributed by atoms with Gasteiger partial charge in [-0.25, -0.2) is 9.97 Å². The fourth-order valence-electron chi connectivity index (χ4n) is 4.48. The number of aromatic amines is 1. The molecule has 9 heteroatoms. The molecule has 2 saturated heterocycles. The van der Waals surface area contributed by atoms with Crippen molar-refractivity contribution >= 4 is 17.4 Å². The Morgan fingerprint density at radius 2 is 1.68 bits per heavy atom. The molecule has 28 heavy (non-hydrogen) atoms. The van der Waals surface area contributed by atoms with E-state index in [1.54, 1.807) is 0 Å². The van der Waals surface area contributed by atoms with Gasteiger partial charge in [0.1, 0.15) is 5.82 Å². The molecule has 0 bridgehead atoms. The van der Waals surface area contributed by atoms with E-state index in [0.29, 0.717) is 17.8 Å². The lowest BCUT2D eigenvalue weighted by atomic mass is 10.0. The van der Waals surface area contributed by atoms with Crippen molar-refractivity contribution in [1.29, 1.82) is 0 Å². The number of rotatable bonds is 2. The zero-order chi connectivity index (χ0) is 19.6. The number of fused-ring (bicyclic) bond motifs is 2. The van der Waals surface area contributed by atoms with Gasteiger partial charge in [0.15, 0.2) is 5.65 Å². The molecule has 3 aromatic rings. The molecule has 2 atom stereocenters. The van der Waals surface area contributed by atoms with Gasteiger partial charge >= 0.3 is 0 Å². The SMILES string of the molecule is Cc1cc(N2CC3CN(c4nc(C)c(F)c(=O)[nH]4)CC3C2)n2nc(C)cc2n1. The minimum absolute atomic E-state index is 0.140. The number of aryl methyl sites for hydroxylation is 3.